The minimum Gasteiger partial charge on any atom is -0.393 e. The number of nitrogens with zero attached hydrogens (tertiary/aromatic N) is 1. The quantitative estimate of drug-likeness (QED) is 0.786. The number of aliphatic hydroxyl groups excluding tert-OH is 1. The summed E-state index contributed by atoms with van der Waals surface area (Å²) in [6.07, 6.45) is 8.80. The van der Waals surface area contributed by atoms with Crippen LogP contribution in [0.3, 0.4) is 0 Å². The summed E-state index contributed by atoms with van der Waals surface area (Å²) >= 11 is 0. The Morgan fingerprint density at radius 2 is 2.06 bits per heavy atom. The molecule has 0 bridgehead atoms. The molecule has 17 heavy (non-hydrogen) atoms. The standard InChI is InChI=1S/C14H28N2O/c1-12(17)10-14-7-3-5-9-16(14)11-13-6-2-4-8-15-13/h12-15,17H,2-11H2,1H3. The van der Waals surface area contributed by atoms with E-state index < -0.39 is 0 Å². The first kappa shape index (κ1) is 13.3. The van der Waals surface area contributed by atoms with Gasteiger partial charge in [0.15, 0.2) is 0 Å². The Balaban J connectivity index is 1.82. The van der Waals surface area contributed by atoms with Crippen molar-refractivity contribution < 1.29 is 5.11 Å². The molecule has 2 N–H and O–H groups in total. The lowest BCUT2D eigenvalue weighted by Crippen LogP contribution is -2.49. The number of hydrogen-bond donors (Lipinski definition) is 2. The second-order valence-electron chi connectivity index (χ2n) is 5.88. The molecule has 0 saturated carbocycles. The zero-order valence-electron chi connectivity index (χ0n) is 11.2. The third-order valence-electron chi connectivity index (χ3n) is 4.23. The SMILES string of the molecule is CC(O)CC1CCCCN1CC1CCCCN1. The highest BCUT2D eigenvalue weighted by atomic mass is 16.3. The molecule has 0 aliphatic carbocycles. The molecular weight excluding hydrogens is 212 g/mol. The van der Waals surface area contributed by atoms with Crippen LogP contribution in [0.2, 0.25) is 0 Å². The molecular formula is C14H28N2O. The van der Waals surface area contributed by atoms with Crippen molar-refractivity contribution in [3.05, 3.63) is 0 Å². The zero-order valence-corrected chi connectivity index (χ0v) is 11.2. The fourth-order valence-electron chi connectivity index (χ4n) is 3.32. The Bertz CT molecular complexity index is 214. The highest BCUT2D eigenvalue weighted by Crippen LogP contribution is 2.22. The maximum Gasteiger partial charge on any atom is 0.0527 e. The second-order valence-corrected chi connectivity index (χ2v) is 5.88. The van der Waals surface area contributed by atoms with Crippen LogP contribution < -0.4 is 5.32 Å². The first-order valence-corrected chi connectivity index (χ1v) is 7.41. The van der Waals surface area contributed by atoms with Crippen LogP contribution in [0.5, 0.6) is 0 Å². The van der Waals surface area contributed by atoms with Gasteiger partial charge in [0.05, 0.1) is 6.10 Å². The normalized spacial score (nSPS) is 33.5. The first-order chi connectivity index (χ1) is 8.25. The second kappa shape index (κ2) is 6.72. The molecule has 0 aromatic rings. The van der Waals surface area contributed by atoms with Crippen LogP contribution in [0.4, 0.5) is 0 Å². The Morgan fingerprint density at radius 1 is 1.24 bits per heavy atom. The number of rotatable bonds is 4. The van der Waals surface area contributed by atoms with Crippen molar-refractivity contribution >= 4 is 0 Å². The Hall–Kier alpha value is -0.120. The van der Waals surface area contributed by atoms with Crippen molar-refractivity contribution in [2.45, 2.75) is 70.1 Å². The number of hydrogen-bond acceptors (Lipinski definition) is 3. The summed E-state index contributed by atoms with van der Waals surface area (Å²) in [5.74, 6) is 0. The molecule has 2 aliphatic rings. The van der Waals surface area contributed by atoms with Gasteiger partial charge in [0.2, 0.25) is 0 Å². The number of likely N-dealkylation sites (tertiary alicyclic amines) is 1. The molecule has 2 saturated heterocycles. The topological polar surface area (TPSA) is 35.5 Å². The van der Waals surface area contributed by atoms with Gasteiger partial charge in [0, 0.05) is 18.6 Å². The summed E-state index contributed by atoms with van der Waals surface area (Å²) in [6.45, 7) is 5.54. The van der Waals surface area contributed by atoms with Gasteiger partial charge in [-0.05, 0) is 52.1 Å². The van der Waals surface area contributed by atoms with E-state index in [1.54, 1.807) is 0 Å². The fraction of sp³-hybridized carbons (Fsp3) is 1.00. The molecule has 2 rings (SSSR count). The molecule has 0 aromatic heterocycles. The highest BCUT2D eigenvalue weighted by Gasteiger charge is 2.26. The molecule has 0 spiro atoms. The van der Waals surface area contributed by atoms with Crippen LogP contribution in [-0.4, -0.2) is 47.8 Å². The van der Waals surface area contributed by atoms with E-state index in [1.807, 2.05) is 6.92 Å². The van der Waals surface area contributed by atoms with Gasteiger partial charge in [-0.2, -0.15) is 0 Å². The van der Waals surface area contributed by atoms with E-state index in [2.05, 4.69) is 10.2 Å². The van der Waals surface area contributed by atoms with Crippen LogP contribution in [0.1, 0.15) is 51.9 Å². The van der Waals surface area contributed by atoms with Crippen molar-refractivity contribution in [1.29, 1.82) is 0 Å². The first-order valence-electron chi connectivity index (χ1n) is 7.41. The third kappa shape index (κ3) is 4.23. The highest BCUT2D eigenvalue weighted by molar-refractivity contribution is 4.83. The molecule has 2 aliphatic heterocycles. The summed E-state index contributed by atoms with van der Waals surface area (Å²) < 4.78 is 0. The van der Waals surface area contributed by atoms with E-state index in [0.717, 1.165) is 6.42 Å². The van der Waals surface area contributed by atoms with Gasteiger partial charge in [-0.15, -0.1) is 0 Å². The van der Waals surface area contributed by atoms with Crippen LogP contribution >= 0.6 is 0 Å². The molecule has 3 heteroatoms. The van der Waals surface area contributed by atoms with Gasteiger partial charge in [-0.1, -0.05) is 12.8 Å². The Morgan fingerprint density at radius 3 is 2.76 bits per heavy atom. The Labute approximate surface area is 106 Å². The molecule has 2 fully saturated rings. The summed E-state index contributed by atoms with van der Waals surface area (Å²) in [4.78, 5) is 2.62. The largest absolute Gasteiger partial charge is 0.393 e. The molecule has 3 unspecified atom stereocenters. The maximum atomic E-state index is 9.59. The molecule has 100 valence electrons. The van der Waals surface area contributed by atoms with E-state index in [9.17, 15) is 5.11 Å². The van der Waals surface area contributed by atoms with Crippen molar-refractivity contribution in [2.24, 2.45) is 0 Å². The molecule has 0 radical (unpaired) electrons. The summed E-state index contributed by atoms with van der Waals surface area (Å²) in [7, 11) is 0. The lowest BCUT2D eigenvalue weighted by molar-refractivity contribution is 0.0767. The molecule has 3 atom stereocenters. The predicted molar refractivity (Wildman–Crippen MR) is 71.2 cm³/mol. The van der Waals surface area contributed by atoms with Gasteiger partial charge >= 0.3 is 0 Å². The van der Waals surface area contributed by atoms with Gasteiger partial charge < -0.3 is 10.4 Å². The van der Waals surface area contributed by atoms with Gasteiger partial charge in [0.25, 0.3) is 0 Å². The van der Waals surface area contributed by atoms with Crippen LogP contribution in [0.25, 0.3) is 0 Å². The zero-order chi connectivity index (χ0) is 12.1. The number of aliphatic hydroxyl groups is 1. The van der Waals surface area contributed by atoms with E-state index in [-0.39, 0.29) is 6.10 Å². The average Bonchev–Trinajstić information content (AvgIpc) is 2.32. The van der Waals surface area contributed by atoms with Crippen molar-refractivity contribution in [1.82, 2.24) is 10.2 Å². The van der Waals surface area contributed by atoms with E-state index >= 15 is 0 Å². The number of piperidine rings is 2. The van der Waals surface area contributed by atoms with Gasteiger partial charge in [-0.3, -0.25) is 4.90 Å². The molecule has 2 heterocycles. The Kier molecular flexibility index (Phi) is 5.26. The lowest BCUT2D eigenvalue weighted by Gasteiger charge is -2.39. The summed E-state index contributed by atoms with van der Waals surface area (Å²) in [5.41, 5.74) is 0. The monoisotopic (exact) mass is 240 g/mol. The molecule has 0 amide bonds. The van der Waals surface area contributed by atoms with E-state index in [0.29, 0.717) is 12.1 Å². The van der Waals surface area contributed by atoms with Crippen LogP contribution in [0.15, 0.2) is 0 Å². The lowest BCUT2D eigenvalue weighted by atomic mass is 9.95. The van der Waals surface area contributed by atoms with Gasteiger partial charge in [-0.25, -0.2) is 0 Å². The van der Waals surface area contributed by atoms with Crippen LogP contribution in [0, 0.1) is 0 Å². The van der Waals surface area contributed by atoms with Crippen LogP contribution in [-0.2, 0) is 0 Å². The van der Waals surface area contributed by atoms with Crippen molar-refractivity contribution in [3.63, 3.8) is 0 Å². The van der Waals surface area contributed by atoms with E-state index in [4.69, 9.17) is 0 Å². The van der Waals surface area contributed by atoms with E-state index in [1.165, 1.54) is 58.2 Å². The summed E-state index contributed by atoms with van der Waals surface area (Å²) in [6, 6.07) is 1.31. The van der Waals surface area contributed by atoms with Gasteiger partial charge in [0.1, 0.15) is 0 Å². The minimum absolute atomic E-state index is 0.153. The third-order valence-corrected chi connectivity index (χ3v) is 4.23. The number of nitrogens with one attached hydrogen (secondary N) is 1. The minimum atomic E-state index is -0.153. The molecule has 3 nitrogen and oxygen atoms in total. The summed E-state index contributed by atoms with van der Waals surface area (Å²) in [5, 5.41) is 13.2. The van der Waals surface area contributed by atoms with Crippen molar-refractivity contribution in [3.8, 4) is 0 Å². The maximum absolute atomic E-state index is 9.59. The van der Waals surface area contributed by atoms with Crippen molar-refractivity contribution in [2.75, 3.05) is 19.6 Å². The molecule has 0 aromatic carbocycles. The average molecular weight is 240 g/mol. The fourth-order valence-corrected chi connectivity index (χ4v) is 3.32. The predicted octanol–water partition coefficient (Wildman–Crippen LogP) is 1.75. The smallest absolute Gasteiger partial charge is 0.0527 e.